The number of benzene rings is 1. The van der Waals surface area contributed by atoms with E-state index < -0.39 is 6.09 Å². The molecule has 0 unspecified atom stereocenters. The van der Waals surface area contributed by atoms with E-state index in [9.17, 15) is 9.59 Å². The maximum atomic E-state index is 13.5. The molecule has 5 nitrogen and oxygen atoms in total. The summed E-state index contributed by atoms with van der Waals surface area (Å²) in [6, 6.07) is 9.63. The van der Waals surface area contributed by atoms with Gasteiger partial charge in [0.25, 0.3) is 0 Å². The molecule has 3 fully saturated rings. The fraction of sp³-hybridized carbons (Fsp3) is 0.619. The summed E-state index contributed by atoms with van der Waals surface area (Å²) in [5.74, 6) is 0. The van der Waals surface area contributed by atoms with Crippen molar-refractivity contribution in [3.63, 3.8) is 0 Å². The van der Waals surface area contributed by atoms with Crippen LogP contribution in [-0.4, -0.2) is 57.9 Å². The Morgan fingerprint density at radius 1 is 1.04 bits per heavy atom. The average Bonchev–Trinajstić information content (AvgIpc) is 2.74. The van der Waals surface area contributed by atoms with Crippen molar-refractivity contribution < 1.29 is 14.3 Å². The molecule has 0 radical (unpaired) electrons. The van der Waals surface area contributed by atoms with Crippen LogP contribution in [0.15, 0.2) is 30.3 Å². The standard InChI is InChI=1S/C21H28N2O3Se2/c24-19(23-21(27-28-23)14-8-3-9-15-21)22(18-12-6-2-7-13-18)20(25)26-16-17-10-4-1-5-11-17/h1,4-5,10-11,18H,2-3,6-9,12-16H2. The molecule has 1 heterocycles. The van der Waals surface area contributed by atoms with Crippen molar-refractivity contribution in [3.8, 4) is 0 Å². The van der Waals surface area contributed by atoms with E-state index in [0.29, 0.717) is 13.1 Å². The Kier molecular flexibility index (Phi) is 6.67. The van der Waals surface area contributed by atoms with Crippen molar-refractivity contribution in [2.75, 3.05) is 0 Å². The fourth-order valence-corrected chi connectivity index (χ4v) is 13.4. The van der Waals surface area contributed by atoms with E-state index in [1.54, 1.807) is 0 Å². The van der Waals surface area contributed by atoms with Crippen molar-refractivity contribution in [1.29, 1.82) is 0 Å². The molecule has 3 aliphatic rings. The predicted octanol–water partition coefficient (Wildman–Crippen LogP) is 4.29. The summed E-state index contributed by atoms with van der Waals surface area (Å²) < 4.78 is 7.78. The Balaban J connectivity index is 1.48. The van der Waals surface area contributed by atoms with Crippen molar-refractivity contribution in [3.05, 3.63) is 35.9 Å². The van der Waals surface area contributed by atoms with Crippen LogP contribution in [0.2, 0.25) is 0 Å². The first-order chi connectivity index (χ1) is 13.7. The molecule has 0 aromatic heterocycles. The molecule has 1 aromatic rings. The van der Waals surface area contributed by atoms with Gasteiger partial charge in [-0.05, 0) is 0 Å². The summed E-state index contributed by atoms with van der Waals surface area (Å²) >= 11 is 0.774. The first kappa shape index (κ1) is 20.3. The summed E-state index contributed by atoms with van der Waals surface area (Å²) in [6.07, 6.45) is 10.7. The van der Waals surface area contributed by atoms with Crippen molar-refractivity contribution in [2.45, 2.75) is 81.3 Å². The molecular formula is C21H28N2O3Se2. The summed E-state index contributed by atoms with van der Waals surface area (Å²) in [5, 5.41) is 0. The van der Waals surface area contributed by atoms with Crippen molar-refractivity contribution >= 4 is 38.6 Å². The van der Waals surface area contributed by atoms with Gasteiger partial charge >= 0.3 is 179 Å². The third-order valence-corrected chi connectivity index (χ3v) is 15.8. The SMILES string of the molecule is O=C(OCc1ccccc1)N(C(=O)N1[Se][Se]C12CCCCC2)C1CCCCC1. The Hall–Kier alpha value is -1.00. The van der Waals surface area contributed by atoms with Gasteiger partial charge in [0.05, 0.1) is 0 Å². The molecule has 0 bridgehead atoms. The molecule has 7 heteroatoms. The quantitative estimate of drug-likeness (QED) is 0.566. The van der Waals surface area contributed by atoms with Crippen LogP contribution in [-0.2, 0) is 11.3 Å². The third kappa shape index (κ3) is 4.28. The summed E-state index contributed by atoms with van der Waals surface area (Å²) in [5.41, 5.74) is 0.951. The van der Waals surface area contributed by atoms with Gasteiger partial charge in [0.1, 0.15) is 0 Å². The van der Waals surface area contributed by atoms with Gasteiger partial charge < -0.3 is 0 Å². The minimum absolute atomic E-state index is 0.00550. The molecule has 0 N–H and O–H groups in total. The Morgan fingerprint density at radius 3 is 2.36 bits per heavy atom. The molecule has 4 rings (SSSR count). The van der Waals surface area contributed by atoms with Gasteiger partial charge in [-0.1, -0.05) is 0 Å². The molecule has 3 amide bonds. The van der Waals surface area contributed by atoms with E-state index in [1.165, 1.54) is 30.6 Å². The molecule has 1 saturated heterocycles. The number of ether oxygens (including phenoxy) is 1. The van der Waals surface area contributed by atoms with E-state index in [-0.39, 0.29) is 36.5 Å². The van der Waals surface area contributed by atoms with Crippen LogP contribution in [0, 0.1) is 0 Å². The second-order valence-electron chi connectivity index (χ2n) is 7.94. The molecule has 1 aliphatic heterocycles. The zero-order chi connectivity index (χ0) is 19.4. The Morgan fingerprint density at radius 2 is 1.71 bits per heavy atom. The molecule has 152 valence electrons. The van der Waals surface area contributed by atoms with E-state index in [1.807, 2.05) is 30.3 Å². The van der Waals surface area contributed by atoms with Crippen LogP contribution in [0.1, 0.15) is 69.8 Å². The van der Waals surface area contributed by atoms with Crippen LogP contribution in [0.25, 0.3) is 0 Å². The number of urea groups is 1. The van der Waals surface area contributed by atoms with Gasteiger partial charge in [-0.2, -0.15) is 0 Å². The molecule has 2 aliphatic carbocycles. The second-order valence-corrected chi connectivity index (χ2v) is 14.4. The number of hydrogen-bond acceptors (Lipinski definition) is 3. The van der Waals surface area contributed by atoms with Crippen molar-refractivity contribution in [1.82, 2.24) is 8.82 Å². The molecule has 28 heavy (non-hydrogen) atoms. The van der Waals surface area contributed by atoms with Crippen LogP contribution in [0.5, 0.6) is 0 Å². The van der Waals surface area contributed by atoms with Crippen LogP contribution in [0.3, 0.4) is 0 Å². The molecule has 2 saturated carbocycles. The third-order valence-electron chi connectivity index (χ3n) is 5.99. The fourth-order valence-electron chi connectivity index (χ4n) is 4.39. The monoisotopic (exact) mass is 516 g/mol. The van der Waals surface area contributed by atoms with Gasteiger partial charge in [0.15, 0.2) is 0 Å². The molecule has 0 atom stereocenters. The second kappa shape index (κ2) is 9.21. The van der Waals surface area contributed by atoms with E-state index in [0.717, 1.165) is 44.1 Å². The summed E-state index contributed by atoms with van der Waals surface area (Å²) in [6.45, 7) is 0.219. The van der Waals surface area contributed by atoms with E-state index in [4.69, 9.17) is 4.74 Å². The average molecular weight is 514 g/mol. The zero-order valence-electron chi connectivity index (χ0n) is 16.2. The Labute approximate surface area is 178 Å². The van der Waals surface area contributed by atoms with Crippen molar-refractivity contribution in [2.24, 2.45) is 0 Å². The normalized spacial score (nSPS) is 21.8. The summed E-state index contributed by atoms with van der Waals surface area (Å²) in [7, 11) is 0. The van der Waals surface area contributed by atoms with E-state index >= 15 is 0 Å². The number of carbonyl (C=O) groups is 2. The number of hydrogen-bond donors (Lipinski definition) is 0. The van der Waals surface area contributed by atoms with Crippen LogP contribution >= 0.6 is 0 Å². The summed E-state index contributed by atoms with van der Waals surface area (Å²) in [4.78, 5) is 28.1. The molecular weight excluding hydrogens is 486 g/mol. The number of nitrogens with zero attached hydrogens (tertiary/aromatic N) is 2. The first-order valence-corrected chi connectivity index (χ1v) is 16.4. The number of carbonyl (C=O) groups excluding carboxylic acids is 2. The molecule has 1 aromatic carbocycles. The van der Waals surface area contributed by atoms with Crippen LogP contribution < -0.4 is 0 Å². The number of imide groups is 1. The van der Waals surface area contributed by atoms with Crippen LogP contribution in [0.4, 0.5) is 9.59 Å². The number of amides is 3. The maximum absolute atomic E-state index is 13.5. The Bertz CT molecular complexity index is 688. The molecule has 1 spiro atoms. The number of rotatable bonds is 3. The zero-order valence-corrected chi connectivity index (χ0v) is 19.6. The van der Waals surface area contributed by atoms with Gasteiger partial charge in [0, 0.05) is 0 Å². The van der Waals surface area contributed by atoms with Gasteiger partial charge in [-0.3, -0.25) is 0 Å². The van der Waals surface area contributed by atoms with E-state index in [2.05, 4.69) is 3.92 Å². The minimum atomic E-state index is -0.457. The topological polar surface area (TPSA) is 49.9 Å². The van der Waals surface area contributed by atoms with Gasteiger partial charge in [-0.25, -0.2) is 0 Å². The predicted molar refractivity (Wildman–Crippen MR) is 110 cm³/mol. The first-order valence-electron chi connectivity index (χ1n) is 10.4. The van der Waals surface area contributed by atoms with Gasteiger partial charge in [-0.15, -0.1) is 0 Å². The van der Waals surface area contributed by atoms with Gasteiger partial charge in [0.2, 0.25) is 0 Å².